The highest BCUT2D eigenvalue weighted by atomic mass is 19.1. The lowest BCUT2D eigenvalue weighted by molar-refractivity contribution is 0.0987. The summed E-state index contributed by atoms with van der Waals surface area (Å²) < 4.78 is 32.4. The Bertz CT molecular complexity index is 1130. The van der Waals surface area contributed by atoms with Crippen LogP contribution in [0.2, 0.25) is 0 Å². The van der Waals surface area contributed by atoms with Crippen LogP contribution in [-0.2, 0) is 6.42 Å². The molecule has 1 aliphatic heterocycles. The predicted molar refractivity (Wildman–Crippen MR) is 109 cm³/mol. The molecule has 0 unspecified atom stereocenters. The van der Waals surface area contributed by atoms with Crippen molar-refractivity contribution in [3.8, 4) is 5.75 Å². The van der Waals surface area contributed by atoms with Crippen LogP contribution in [0.5, 0.6) is 5.75 Å². The Morgan fingerprint density at radius 1 is 1.00 bits per heavy atom. The summed E-state index contributed by atoms with van der Waals surface area (Å²) in [6, 6.07) is 14.7. The summed E-state index contributed by atoms with van der Waals surface area (Å²) in [5.41, 5.74) is 2.15. The first-order valence-electron chi connectivity index (χ1n) is 9.31. The minimum atomic E-state index is -0.814. The van der Waals surface area contributed by atoms with Crippen LogP contribution < -0.4 is 15.0 Å². The van der Waals surface area contributed by atoms with Gasteiger partial charge in [0.15, 0.2) is 0 Å². The number of nitrogens with one attached hydrogen (secondary N) is 1. The van der Waals surface area contributed by atoms with Crippen LogP contribution in [-0.4, -0.2) is 25.5 Å². The van der Waals surface area contributed by atoms with Gasteiger partial charge in [0.05, 0.1) is 12.7 Å². The van der Waals surface area contributed by atoms with E-state index in [4.69, 9.17) is 4.74 Å². The van der Waals surface area contributed by atoms with Crippen molar-refractivity contribution in [2.45, 2.75) is 6.42 Å². The van der Waals surface area contributed by atoms with Crippen LogP contribution in [0.1, 0.15) is 26.3 Å². The first kappa shape index (κ1) is 19.6. The molecule has 0 fully saturated rings. The zero-order valence-electron chi connectivity index (χ0n) is 16.1. The fourth-order valence-electron chi connectivity index (χ4n) is 3.43. The standard InChI is InChI=1S/C23H18F2N2O3/c1-30-18-7-3-15(4-8-18)23(29)27-11-10-14-2-6-17(13-21(14)27)26-22(28)19-12-16(24)5-9-20(19)25/h2-9,12-13H,10-11H2,1H3,(H,26,28). The molecule has 0 saturated carbocycles. The van der Waals surface area contributed by atoms with Gasteiger partial charge in [-0.25, -0.2) is 8.78 Å². The summed E-state index contributed by atoms with van der Waals surface area (Å²) >= 11 is 0. The number of ether oxygens (including phenoxy) is 1. The Morgan fingerprint density at radius 2 is 1.77 bits per heavy atom. The number of methoxy groups -OCH3 is 1. The average molecular weight is 408 g/mol. The van der Waals surface area contributed by atoms with Crippen molar-refractivity contribution in [1.29, 1.82) is 0 Å². The fraction of sp³-hybridized carbons (Fsp3) is 0.130. The topological polar surface area (TPSA) is 58.6 Å². The van der Waals surface area contributed by atoms with Gasteiger partial charge >= 0.3 is 0 Å². The van der Waals surface area contributed by atoms with E-state index in [-0.39, 0.29) is 11.5 Å². The molecule has 1 heterocycles. The van der Waals surface area contributed by atoms with Crippen LogP contribution in [0.15, 0.2) is 60.7 Å². The van der Waals surface area contributed by atoms with Crippen molar-refractivity contribution in [2.24, 2.45) is 0 Å². The number of anilines is 2. The van der Waals surface area contributed by atoms with Gasteiger partial charge in [0.2, 0.25) is 0 Å². The highest BCUT2D eigenvalue weighted by Gasteiger charge is 2.26. The zero-order valence-corrected chi connectivity index (χ0v) is 16.1. The molecule has 5 nitrogen and oxygen atoms in total. The average Bonchev–Trinajstić information content (AvgIpc) is 3.18. The van der Waals surface area contributed by atoms with Crippen molar-refractivity contribution in [1.82, 2.24) is 0 Å². The molecular formula is C23H18F2N2O3. The maximum atomic E-state index is 13.9. The van der Waals surface area contributed by atoms with Crippen LogP contribution in [0.25, 0.3) is 0 Å². The molecule has 7 heteroatoms. The smallest absolute Gasteiger partial charge is 0.258 e. The molecule has 1 N–H and O–H groups in total. The van der Waals surface area contributed by atoms with E-state index in [1.165, 1.54) is 0 Å². The third kappa shape index (κ3) is 3.74. The van der Waals surface area contributed by atoms with Crippen LogP contribution in [0.4, 0.5) is 20.2 Å². The lowest BCUT2D eigenvalue weighted by atomic mass is 10.1. The second-order valence-electron chi connectivity index (χ2n) is 6.86. The van der Waals surface area contributed by atoms with Crippen LogP contribution >= 0.6 is 0 Å². The predicted octanol–water partition coefficient (Wildman–Crippen LogP) is 4.43. The number of nitrogens with zero attached hydrogens (tertiary/aromatic N) is 1. The number of carbonyl (C=O) groups excluding carboxylic acids is 2. The fourth-order valence-corrected chi connectivity index (χ4v) is 3.43. The van der Waals surface area contributed by atoms with E-state index in [0.717, 1.165) is 23.8 Å². The van der Waals surface area contributed by atoms with E-state index in [9.17, 15) is 18.4 Å². The number of rotatable bonds is 4. The lowest BCUT2D eigenvalue weighted by Gasteiger charge is -2.18. The summed E-state index contributed by atoms with van der Waals surface area (Å²) in [7, 11) is 1.55. The number of carbonyl (C=O) groups is 2. The maximum absolute atomic E-state index is 13.9. The van der Waals surface area contributed by atoms with Crippen molar-refractivity contribution >= 4 is 23.2 Å². The summed E-state index contributed by atoms with van der Waals surface area (Å²) in [6.45, 7) is 0.510. The zero-order chi connectivity index (χ0) is 21.3. The van der Waals surface area contributed by atoms with Crippen molar-refractivity contribution in [2.75, 3.05) is 23.9 Å². The SMILES string of the molecule is COc1ccc(C(=O)N2CCc3ccc(NC(=O)c4cc(F)ccc4F)cc32)cc1. The number of hydrogen-bond acceptors (Lipinski definition) is 3. The van der Waals surface area contributed by atoms with E-state index in [1.807, 2.05) is 6.07 Å². The Kier molecular flexibility index (Phi) is 5.18. The number of amides is 2. The maximum Gasteiger partial charge on any atom is 0.258 e. The normalized spacial score (nSPS) is 12.4. The molecule has 0 aromatic heterocycles. The molecule has 2 amide bonds. The van der Waals surface area contributed by atoms with E-state index < -0.39 is 17.5 Å². The molecule has 3 aromatic carbocycles. The number of benzene rings is 3. The van der Waals surface area contributed by atoms with Gasteiger partial charge in [-0.3, -0.25) is 9.59 Å². The number of halogens is 2. The number of hydrogen-bond donors (Lipinski definition) is 1. The molecule has 4 rings (SSSR count). The van der Waals surface area contributed by atoms with Gasteiger partial charge in [0, 0.05) is 23.5 Å². The highest BCUT2D eigenvalue weighted by molar-refractivity contribution is 6.08. The molecule has 1 aliphatic rings. The monoisotopic (exact) mass is 408 g/mol. The first-order valence-corrected chi connectivity index (χ1v) is 9.31. The largest absolute Gasteiger partial charge is 0.497 e. The Morgan fingerprint density at radius 3 is 2.50 bits per heavy atom. The Hall–Kier alpha value is -3.74. The Balaban J connectivity index is 1.57. The van der Waals surface area contributed by atoms with Gasteiger partial charge in [-0.05, 0) is 66.6 Å². The highest BCUT2D eigenvalue weighted by Crippen LogP contribution is 2.32. The van der Waals surface area contributed by atoms with Gasteiger partial charge in [0.25, 0.3) is 11.8 Å². The van der Waals surface area contributed by atoms with E-state index in [1.54, 1.807) is 48.4 Å². The molecule has 30 heavy (non-hydrogen) atoms. The minimum absolute atomic E-state index is 0.170. The Labute approximate surface area is 171 Å². The molecular weight excluding hydrogens is 390 g/mol. The molecule has 0 bridgehead atoms. The molecule has 0 radical (unpaired) electrons. The van der Waals surface area contributed by atoms with Crippen molar-refractivity contribution < 1.29 is 23.1 Å². The van der Waals surface area contributed by atoms with Crippen LogP contribution in [0, 0.1) is 11.6 Å². The van der Waals surface area contributed by atoms with Gasteiger partial charge < -0.3 is 15.0 Å². The van der Waals surface area contributed by atoms with Gasteiger partial charge in [-0.1, -0.05) is 6.07 Å². The number of fused-ring (bicyclic) bond motifs is 1. The van der Waals surface area contributed by atoms with Crippen LogP contribution in [0.3, 0.4) is 0 Å². The quantitative estimate of drug-likeness (QED) is 0.695. The third-order valence-electron chi connectivity index (χ3n) is 4.99. The summed E-state index contributed by atoms with van der Waals surface area (Å²) in [6.07, 6.45) is 0.685. The van der Waals surface area contributed by atoms with Crippen molar-refractivity contribution in [3.05, 3.63) is 89.0 Å². The molecule has 3 aromatic rings. The summed E-state index contributed by atoms with van der Waals surface area (Å²) in [5.74, 6) is -1.80. The summed E-state index contributed by atoms with van der Waals surface area (Å²) in [5, 5.41) is 2.57. The van der Waals surface area contributed by atoms with E-state index in [0.29, 0.717) is 35.7 Å². The second-order valence-corrected chi connectivity index (χ2v) is 6.86. The molecule has 0 aliphatic carbocycles. The molecule has 0 atom stereocenters. The van der Waals surface area contributed by atoms with Gasteiger partial charge in [0.1, 0.15) is 17.4 Å². The van der Waals surface area contributed by atoms with Crippen molar-refractivity contribution in [3.63, 3.8) is 0 Å². The molecule has 0 spiro atoms. The van der Waals surface area contributed by atoms with Gasteiger partial charge in [-0.15, -0.1) is 0 Å². The van der Waals surface area contributed by atoms with E-state index >= 15 is 0 Å². The second kappa shape index (κ2) is 7.94. The summed E-state index contributed by atoms with van der Waals surface area (Å²) in [4.78, 5) is 27.0. The van der Waals surface area contributed by atoms with E-state index in [2.05, 4.69) is 5.32 Å². The van der Waals surface area contributed by atoms with Gasteiger partial charge in [-0.2, -0.15) is 0 Å². The molecule has 152 valence electrons. The molecule has 0 saturated heterocycles. The lowest BCUT2D eigenvalue weighted by Crippen LogP contribution is -2.28. The minimum Gasteiger partial charge on any atom is -0.497 e. The third-order valence-corrected chi connectivity index (χ3v) is 4.99. The first-order chi connectivity index (χ1) is 14.5.